The Morgan fingerprint density at radius 2 is 2.29 bits per heavy atom. The zero-order chi connectivity index (χ0) is 15.3. The van der Waals surface area contributed by atoms with Crippen LogP contribution in [0, 0.1) is 12.8 Å². The van der Waals surface area contributed by atoms with Crippen LogP contribution in [0.25, 0.3) is 0 Å². The van der Waals surface area contributed by atoms with Crippen molar-refractivity contribution in [2.24, 2.45) is 11.7 Å². The van der Waals surface area contributed by atoms with Gasteiger partial charge in [-0.15, -0.1) is 0 Å². The maximum absolute atomic E-state index is 12.1. The van der Waals surface area contributed by atoms with Crippen LogP contribution in [0.5, 0.6) is 5.75 Å². The average molecular weight is 291 g/mol. The van der Waals surface area contributed by atoms with Gasteiger partial charge in [0, 0.05) is 0 Å². The molecule has 2 rings (SSSR count). The molecule has 1 fully saturated rings. The number of hydrogen-bond acceptors (Lipinski definition) is 4. The van der Waals surface area contributed by atoms with Gasteiger partial charge in [0.15, 0.2) is 0 Å². The van der Waals surface area contributed by atoms with Crippen LogP contribution in [-0.2, 0) is 9.53 Å². The standard InChI is InChI=1S/C17H25NO3/c1-3-20-16(19)17(18)10-5-7-14(17)9-11-21-15-8-4-6-13(2)12-15/h4,6,8,12,14H,3,5,7,9-11,18H2,1-2H3. The van der Waals surface area contributed by atoms with Gasteiger partial charge in [-0.3, -0.25) is 4.79 Å². The van der Waals surface area contributed by atoms with Crippen molar-refractivity contribution in [2.45, 2.75) is 45.1 Å². The fourth-order valence-electron chi connectivity index (χ4n) is 3.06. The van der Waals surface area contributed by atoms with E-state index in [9.17, 15) is 4.79 Å². The molecule has 2 atom stereocenters. The number of ether oxygens (including phenoxy) is 2. The number of hydrogen-bond donors (Lipinski definition) is 1. The van der Waals surface area contributed by atoms with Crippen LogP contribution >= 0.6 is 0 Å². The van der Waals surface area contributed by atoms with Crippen molar-refractivity contribution in [2.75, 3.05) is 13.2 Å². The Bertz CT molecular complexity index is 489. The van der Waals surface area contributed by atoms with Crippen LogP contribution in [0.3, 0.4) is 0 Å². The first-order valence-corrected chi connectivity index (χ1v) is 7.72. The third-order valence-corrected chi connectivity index (χ3v) is 4.25. The summed E-state index contributed by atoms with van der Waals surface area (Å²) < 4.78 is 10.9. The summed E-state index contributed by atoms with van der Waals surface area (Å²) in [4.78, 5) is 12.1. The van der Waals surface area contributed by atoms with Crippen LogP contribution in [0.4, 0.5) is 0 Å². The van der Waals surface area contributed by atoms with Gasteiger partial charge in [0.25, 0.3) is 0 Å². The molecule has 1 aliphatic carbocycles. The van der Waals surface area contributed by atoms with Crippen LogP contribution in [0.1, 0.15) is 38.2 Å². The number of rotatable bonds is 6. The predicted octanol–water partition coefficient (Wildman–Crippen LogP) is 2.82. The molecule has 0 spiro atoms. The summed E-state index contributed by atoms with van der Waals surface area (Å²) in [5.41, 5.74) is 6.65. The predicted molar refractivity (Wildman–Crippen MR) is 82.2 cm³/mol. The summed E-state index contributed by atoms with van der Waals surface area (Å²) >= 11 is 0. The molecule has 2 unspecified atom stereocenters. The van der Waals surface area contributed by atoms with Gasteiger partial charge >= 0.3 is 5.97 Å². The van der Waals surface area contributed by atoms with E-state index in [1.807, 2.05) is 38.1 Å². The summed E-state index contributed by atoms with van der Waals surface area (Å²) in [7, 11) is 0. The van der Waals surface area contributed by atoms with Crippen LogP contribution < -0.4 is 10.5 Å². The molecule has 0 radical (unpaired) electrons. The van der Waals surface area contributed by atoms with E-state index in [2.05, 4.69) is 0 Å². The summed E-state index contributed by atoms with van der Waals surface area (Å²) in [6.45, 7) is 4.80. The van der Waals surface area contributed by atoms with E-state index in [4.69, 9.17) is 15.2 Å². The van der Waals surface area contributed by atoms with Crippen molar-refractivity contribution in [1.29, 1.82) is 0 Å². The van der Waals surface area contributed by atoms with E-state index in [-0.39, 0.29) is 11.9 Å². The van der Waals surface area contributed by atoms with Gasteiger partial charge in [-0.05, 0) is 56.7 Å². The van der Waals surface area contributed by atoms with Crippen molar-refractivity contribution < 1.29 is 14.3 Å². The smallest absolute Gasteiger partial charge is 0.326 e. The molecule has 0 saturated heterocycles. The number of benzene rings is 1. The Kier molecular flexibility index (Phi) is 5.23. The highest BCUT2D eigenvalue weighted by atomic mass is 16.5. The molecule has 0 bridgehead atoms. The normalized spacial score (nSPS) is 24.8. The van der Waals surface area contributed by atoms with Gasteiger partial charge in [-0.1, -0.05) is 18.6 Å². The van der Waals surface area contributed by atoms with Gasteiger partial charge in [0.1, 0.15) is 11.3 Å². The summed E-state index contributed by atoms with van der Waals surface area (Å²) in [6, 6.07) is 7.97. The SMILES string of the molecule is CCOC(=O)C1(N)CCCC1CCOc1cccc(C)c1. The first-order valence-electron chi connectivity index (χ1n) is 7.72. The molecule has 0 amide bonds. The van der Waals surface area contributed by atoms with E-state index in [1.54, 1.807) is 0 Å². The van der Waals surface area contributed by atoms with E-state index in [0.29, 0.717) is 19.6 Å². The fourth-order valence-corrected chi connectivity index (χ4v) is 3.06. The first-order chi connectivity index (χ1) is 10.1. The molecule has 0 aromatic heterocycles. The molecule has 1 saturated carbocycles. The van der Waals surface area contributed by atoms with Gasteiger partial charge < -0.3 is 15.2 Å². The first kappa shape index (κ1) is 15.8. The molecule has 2 N–H and O–H groups in total. The lowest BCUT2D eigenvalue weighted by Crippen LogP contribution is -2.52. The quantitative estimate of drug-likeness (QED) is 0.819. The summed E-state index contributed by atoms with van der Waals surface area (Å²) in [5, 5.41) is 0. The molecule has 21 heavy (non-hydrogen) atoms. The van der Waals surface area contributed by atoms with Crippen molar-refractivity contribution in [3.05, 3.63) is 29.8 Å². The molecule has 1 aromatic rings. The second-order valence-corrected chi connectivity index (χ2v) is 5.80. The topological polar surface area (TPSA) is 61.5 Å². The van der Waals surface area contributed by atoms with Gasteiger partial charge in [0.2, 0.25) is 0 Å². The highest BCUT2D eigenvalue weighted by molar-refractivity contribution is 5.81. The largest absolute Gasteiger partial charge is 0.494 e. The summed E-state index contributed by atoms with van der Waals surface area (Å²) in [6.07, 6.45) is 3.43. The Morgan fingerprint density at radius 3 is 3.00 bits per heavy atom. The second-order valence-electron chi connectivity index (χ2n) is 5.80. The van der Waals surface area contributed by atoms with Gasteiger partial charge in [-0.25, -0.2) is 0 Å². The third-order valence-electron chi connectivity index (χ3n) is 4.25. The lowest BCUT2D eigenvalue weighted by Gasteiger charge is -2.28. The number of aryl methyl sites for hydroxylation is 1. The third kappa shape index (κ3) is 3.76. The maximum atomic E-state index is 12.1. The Balaban J connectivity index is 1.88. The van der Waals surface area contributed by atoms with Crippen LogP contribution in [-0.4, -0.2) is 24.7 Å². The van der Waals surface area contributed by atoms with Crippen molar-refractivity contribution >= 4 is 5.97 Å². The second kappa shape index (κ2) is 6.94. The molecular formula is C17H25NO3. The minimum Gasteiger partial charge on any atom is -0.494 e. The zero-order valence-corrected chi connectivity index (χ0v) is 12.9. The van der Waals surface area contributed by atoms with E-state index < -0.39 is 5.54 Å². The van der Waals surface area contributed by atoms with Gasteiger partial charge in [-0.2, -0.15) is 0 Å². The Morgan fingerprint density at radius 1 is 1.48 bits per heavy atom. The number of esters is 1. The average Bonchev–Trinajstić information content (AvgIpc) is 2.82. The van der Waals surface area contributed by atoms with E-state index in [1.165, 1.54) is 5.56 Å². The number of carbonyl (C=O) groups is 1. The Hall–Kier alpha value is -1.55. The minimum atomic E-state index is -0.827. The van der Waals surface area contributed by atoms with Crippen LogP contribution in [0.2, 0.25) is 0 Å². The zero-order valence-electron chi connectivity index (χ0n) is 12.9. The Labute approximate surface area is 126 Å². The van der Waals surface area contributed by atoms with Crippen molar-refractivity contribution in [3.8, 4) is 5.75 Å². The van der Waals surface area contributed by atoms with E-state index >= 15 is 0 Å². The van der Waals surface area contributed by atoms with Crippen molar-refractivity contribution in [1.82, 2.24) is 0 Å². The van der Waals surface area contributed by atoms with Crippen LogP contribution in [0.15, 0.2) is 24.3 Å². The minimum absolute atomic E-state index is 0.140. The molecule has 0 heterocycles. The molecule has 4 heteroatoms. The maximum Gasteiger partial charge on any atom is 0.326 e. The number of carbonyl (C=O) groups excluding carboxylic acids is 1. The lowest BCUT2D eigenvalue weighted by atomic mass is 9.86. The molecule has 1 aliphatic rings. The highest BCUT2D eigenvalue weighted by Crippen LogP contribution is 2.37. The van der Waals surface area contributed by atoms with Crippen molar-refractivity contribution in [3.63, 3.8) is 0 Å². The van der Waals surface area contributed by atoms with Gasteiger partial charge in [0.05, 0.1) is 13.2 Å². The molecule has 1 aromatic carbocycles. The monoisotopic (exact) mass is 291 g/mol. The fraction of sp³-hybridized carbons (Fsp3) is 0.588. The highest BCUT2D eigenvalue weighted by Gasteiger charge is 2.46. The molecular weight excluding hydrogens is 266 g/mol. The molecule has 0 aliphatic heterocycles. The molecule has 4 nitrogen and oxygen atoms in total. The van der Waals surface area contributed by atoms with E-state index in [0.717, 1.165) is 25.0 Å². The number of nitrogens with two attached hydrogens (primary N) is 1. The summed E-state index contributed by atoms with van der Waals surface area (Å²) in [5.74, 6) is 0.746. The lowest BCUT2D eigenvalue weighted by molar-refractivity contribution is -0.151. The molecule has 116 valence electrons.